The Balaban J connectivity index is 1.89. The SMILES string of the molecule is O=S(=O)(c1ccc(Cl)cc1F)N1C[C@@H]2CCCN[C@@H]2C1. The highest BCUT2D eigenvalue weighted by atomic mass is 35.5. The van der Waals surface area contributed by atoms with Crippen molar-refractivity contribution in [3.8, 4) is 0 Å². The van der Waals surface area contributed by atoms with Crippen molar-refractivity contribution in [1.29, 1.82) is 0 Å². The summed E-state index contributed by atoms with van der Waals surface area (Å²) in [6.07, 6.45) is 2.08. The molecular weight excluding hydrogens is 303 g/mol. The van der Waals surface area contributed by atoms with Crippen molar-refractivity contribution in [2.24, 2.45) is 5.92 Å². The van der Waals surface area contributed by atoms with Gasteiger partial charge < -0.3 is 5.32 Å². The molecule has 4 nitrogen and oxygen atoms in total. The number of hydrogen-bond acceptors (Lipinski definition) is 3. The molecule has 0 unspecified atom stereocenters. The van der Waals surface area contributed by atoms with Crippen LogP contribution in [-0.4, -0.2) is 38.4 Å². The van der Waals surface area contributed by atoms with Crippen LogP contribution in [0.15, 0.2) is 23.1 Å². The molecule has 3 rings (SSSR count). The van der Waals surface area contributed by atoms with Gasteiger partial charge in [-0.25, -0.2) is 12.8 Å². The predicted octanol–water partition coefficient (Wildman–Crippen LogP) is 1.85. The van der Waals surface area contributed by atoms with Crippen molar-refractivity contribution in [3.05, 3.63) is 29.0 Å². The summed E-state index contributed by atoms with van der Waals surface area (Å²) in [7, 11) is -3.78. The molecule has 1 N–H and O–H groups in total. The number of halogens is 2. The molecule has 2 aliphatic rings. The molecule has 2 fully saturated rings. The molecule has 2 heterocycles. The fraction of sp³-hybridized carbons (Fsp3) is 0.538. The molecule has 0 aliphatic carbocycles. The molecule has 7 heteroatoms. The molecule has 0 radical (unpaired) electrons. The standard InChI is InChI=1S/C13H16ClFN2O2S/c14-10-3-4-13(11(15)6-10)20(18,19)17-7-9-2-1-5-16-12(9)8-17/h3-4,6,9,12,16H,1-2,5,7-8H2/t9-,12+/m0/s1. The topological polar surface area (TPSA) is 49.4 Å². The lowest BCUT2D eigenvalue weighted by atomic mass is 9.94. The Labute approximate surface area is 123 Å². The van der Waals surface area contributed by atoms with Crippen molar-refractivity contribution < 1.29 is 12.8 Å². The van der Waals surface area contributed by atoms with Crippen molar-refractivity contribution >= 4 is 21.6 Å². The summed E-state index contributed by atoms with van der Waals surface area (Å²) in [5.41, 5.74) is 0. The van der Waals surface area contributed by atoms with E-state index in [4.69, 9.17) is 11.6 Å². The predicted molar refractivity (Wildman–Crippen MR) is 74.7 cm³/mol. The Kier molecular flexibility index (Phi) is 3.75. The second-order valence-electron chi connectivity index (χ2n) is 5.36. The van der Waals surface area contributed by atoms with Gasteiger partial charge in [0.25, 0.3) is 0 Å². The van der Waals surface area contributed by atoms with Gasteiger partial charge in [-0.05, 0) is 43.5 Å². The van der Waals surface area contributed by atoms with Crippen LogP contribution >= 0.6 is 11.6 Å². The van der Waals surface area contributed by atoms with Crippen LogP contribution in [0.2, 0.25) is 5.02 Å². The lowest BCUT2D eigenvalue weighted by Crippen LogP contribution is -2.41. The number of nitrogens with zero attached hydrogens (tertiary/aromatic N) is 1. The number of piperidine rings is 1. The van der Waals surface area contributed by atoms with Crippen LogP contribution in [0.5, 0.6) is 0 Å². The summed E-state index contributed by atoms with van der Waals surface area (Å²) in [6.45, 7) is 1.79. The first-order chi connectivity index (χ1) is 9.48. The molecule has 0 saturated carbocycles. The Hall–Kier alpha value is -0.690. The minimum atomic E-state index is -3.78. The Morgan fingerprint density at radius 3 is 2.85 bits per heavy atom. The normalized spacial score (nSPS) is 27.5. The van der Waals surface area contributed by atoms with Crippen LogP contribution < -0.4 is 5.32 Å². The average molecular weight is 319 g/mol. The second kappa shape index (κ2) is 5.26. The maximum atomic E-state index is 13.9. The monoisotopic (exact) mass is 318 g/mol. The van der Waals surface area contributed by atoms with Gasteiger partial charge in [-0.15, -0.1) is 0 Å². The quantitative estimate of drug-likeness (QED) is 0.905. The summed E-state index contributed by atoms with van der Waals surface area (Å²) in [6, 6.07) is 3.87. The molecule has 2 atom stereocenters. The molecular formula is C13H16ClFN2O2S. The van der Waals surface area contributed by atoms with Gasteiger partial charge in [0, 0.05) is 24.2 Å². The third kappa shape index (κ3) is 2.45. The van der Waals surface area contributed by atoms with Crippen LogP contribution in [0, 0.1) is 11.7 Å². The Morgan fingerprint density at radius 1 is 1.35 bits per heavy atom. The van der Waals surface area contributed by atoms with Crippen molar-refractivity contribution in [2.45, 2.75) is 23.8 Å². The Bertz CT molecular complexity index is 609. The van der Waals surface area contributed by atoms with E-state index in [2.05, 4.69) is 5.32 Å². The number of benzene rings is 1. The van der Waals surface area contributed by atoms with Crippen LogP contribution in [0.3, 0.4) is 0 Å². The van der Waals surface area contributed by atoms with E-state index in [9.17, 15) is 12.8 Å². The average Bonchev–Trinajstić information content (AvgIpc) is 2.82. The molecule has 20 heavy (non-hydrogen) atoms. The first-order valence-electron chi connectivity index (χ1n) is 6.67. The fourth-order valence-corrected chi connectivity index (χ4v) is 4.75. The summed E-state index contributed by atoms with van der Waals surface area (Å²) in [5, 5.41) is 3.53. The van der Waals surface area contributed by atoms with Crippen LogP contribution in [0.1, 0.15) is 12.8 Å². The van der Waals surface area contributed by atoms with E-state index in [1.807, 2.05) is 0 Å². The van der Waals surface area contributed by atoms with E-state index in [0.717, 1.165) is 25.5 Å². The van der Waals surface area contributed by atoms with E-state index in [1.54, 1.807) is 0 Å². The summed E-state index contributed by atoms with van der Waals surface area (Å²) in [5.74, 6) is -0.464. The van der Waals surface area contributed by atoms with E-state index < -0.39 is 15.8 Å². The van der Waals surface area contributed by atoms with Crippen LogP contribution in [0.4, 0.5) is 4.39 Å². The van der Waals surface area contributed by atoms with Crippen molar-refractivity contribution in [1.82, 2.24) is 9.62 Å². The van der Waals surface area contributed by atoms with Crippen LogP contribution in [0.25, 0.3) is 0 Å². The fourth-order valence-electron chi connectivity index (χ4n) is 3.03. The maximum Gasteiger partial charge on any atom is 0.246 e. The van der Waals surface area contributed by atoms with Gasteiger partial charge in [-0.2, -0.15) is 4.31 Å². The molecule has 0 spiro atoms. The molecule has 1 aromatic rings. The lowest BCUT2D eigenvalue weighted by Gasteiger charge is -2.24. The molecule has 110 valence electrons. The highest BCUT2D eigenvalue weighted by Gasteiger charge is 2.40. The largest absolute Gasteiger partial charge is 0.312 e. The number of sulfonamides is 1. The first-order valence-corrected chi connectivity index (χ1v) is 8.49. The minimum Gasteiger partial charge on any atom is -0.312 e. The summed E-state index contributed by atoms with van der Waals surface area (Å²) < 4.78 is 40.3. The van der Waals surface area contributed by atoms with Crippen LogP contribution in [-0.2, 0) is 10.0 Å². The molecule has 2 aliphatic heterocycles. The van der Waals surface area contributed by atoms with E-state index in [-0.39, 0.29) is 16.0 Å². The molecule has 0 bridgehead atoms. The zero-order valence-corrected chi connectivity index (χ0v) is 12.4. The third-order valence-corrected chi connectivity index (χ3v) is 6.18. The summed E-state index contributed by atoms with van der Waals surface area (Å²) >= 11 is 5.67. The van der Waals surface area contributed by atoms with Crippen molar-refractivity contribution in [2.75, 3.05) is 19.6 Å². The van der Waals surface area contributed by atoms with Crippen molar-refractivity contribution in [3.63, 3.8) is 0 Å². The van der Waals surface area contributed by atoms with Gasteiger partial charge >= 0.3 is 0 Å². The summed E-state index contributed by atoms with van der Waals surface area (Å²) in [4.78, 5) is -0.291. The first kappa shape index (κ1) is 14.3. The molecule has 0 amide bonds. The van der Waals surface area contributed by atoms with Gasteiger partial charge in [-0.1, -0.05) is 11.6 Å². The van der Waals surface area contributed by atoms with Gasteiger partial charge in [0.15, 0.2) is 0 Å². The number of nitrogens with one attached hydrogen (secondary N) is 1. The highest BCUT2D eigenvalue weighted by molar-refractivity contribution is 7.89. The smallest absolute Gasteiger partial charge is 0.246 e. The van der Waals surface area contributed by atoms with E-state index in [1.165, 1.54) is 16.4 Å². The van der Waals surface area contributed by atoms with Gasteiger partial charge in [-0.3, -0.25) is 0 Å². The van der Waals surface area contributed by atoms with E-state index in [0.29, 0.717) is 19.0 Å². The zero-order chi connectivity index (χ0) is 14.3. The van der Waals surface area contributed by atoms with E-state index >= 15 is 0 Å². The Morgan fingerprint density at radius 2 is 2.15 bits per heavy atom. The molecule has 2 saturated heterocycles. The zero-order valence-electron chi connectivity index (χ0n) is 10.9. The minimum absolute atomic E-state index is 0.189. The molecule has 0 aromatic heterocycles. The van der Waals surface area contributed by atoms with Gasteiger partial charge in [0.1, 0.15) is 10.7 Å². The maximum absolute atomic E-state index is 13.9. The van der Waals surface area contributed by atoms with Gasteiger partial charge in [0.2, 0.25) is 10.0 Å². The highest BCUT2D eigenvalue weighted by Crippen LogP contribution is 2.30. The second-order valence-corrected chi connectivity index (χ2v) is 7.70. The molecule has 1 aromatic carbocycles. The lowest BCUT2D eigenvalue weighted by molar-refractivity contribution is 0.339. The number of hydrogen-bond donors (Lipinski definition) is 1. The number of fused-ring (bicyclic) bond motifs is 1. The third-order valence-electron chi connectivity index (χ3n) is 4.08. The van der Waals surface area contributed by atoms with Gasteiger partial charge in [0.05, 0.1) is 0 Å². The number of rotatable bonds is 2.